The van der Waals surface area contributed by atoms with E-state index in [0.29, 0.717) is 22.6 Å². The molecule has 0 amide bonds. The maximum absolute atomic E-state index is 12.5. The zero-order chi connectivity index (χ0) is 19.2. The highest BCUT2D eigenvalue weighted by Crippen LogP contribution is 2.16. The molecule has 0 aliphatic rings. The van der Waals surface area contributed by atoms with Crippen LogP contribution in [0.4, 0.5) is 0 Å². The molecule has 27 heavy (non-hydrogen) atoms. The summed E-state index contributed by atoms with van der Waals surface area (Å²) in [6.45, 7) is 3.73. The summed E-state index contributed by atoms with van der Waals surface area (Å²) in [6, 6.07) is 13.2. The number of fused-ring (bicyclic) bond motifs is 1. The molecule has 0 aliphatic heterocycles. The minimum Gasteiger partial charge on any atom is -0.454 e. The Bertz CT molecular complexity index is 967. The van der Waals surface area contributed by atoms with Gasteiger partial charge in [-0.3, -0.25) is 4.79 Å². The van der Waals surface area contributed by atoms with Gasteiger partial charge in [-0.2, -0.15) is 0 Å². The summed E-state index contributed by atoms with van der Waals surface area (Å²) in [6.07, 6.45) is 4.23. The van der Waals surface area contributed by atoms with E-state index in [9.17, 15) is 9.59 Å². The molecule has 0 atom stereocenters. The van der Waals surface area contributed by atoms with Crippen molar-refractivity contribution in [1.29, 1.82) is 0 Å². The molecule has 3 rings (SSSR count). The highest BCUT2D eigenvalue weighted by atomic mass is 16.5. The number of para-hydroxylation sites is 2. The highest BCUT2D eigenvalue weighted by molar-refractivity contribution is 6.00. The summed E-state index contributed by atoms with van der Waals surface area (Å²) >= 11 is 0. The van der Waals surface area contributed by atoms with Gasteiger partial charge in [0.1, 0.15) is 5.52 Å². The van der Waals surface area contributed by atoms with Crippen molar-refractivity contribution in [2.75, 3.05) is 6.61 Å². The molecule has 0 spiro atoms. The molecule has 0 unspecified atom stereocenters. The number of esters is 1. The van der Waals surface area contributed by atoms with Crippen LogP contribution in [0.15, 0.2) is 53.0 Å². The monoisotopic (exact) mass is 363 g/mol. The molecule has 0 N–H and O–H groups in total. The number of benzene rings is 2. The molecule has 5 nitrogen and oxygen atoms in total. The van der Waals surface area contributed by atoms with E-state index in [1.165, 1.54) is 12.2 Å². The van der Waals surface area contributed by atoms with E-state index in [2.05, 4.69) is 4.98 Å². The molecular formula is C22H21NO4. The second kappa shape index (κ2) is 8.45. The Morgan fingerprint density at radius 1 is 1.11 bits per heavy atom. The van der Waals surface area contributed by atoms with Crippen LogP contribution in [0.2, 0.25) is 0 Å². The molecule has 1 heterocycles. The number of hydrogen-bond donors (Lipinski definition) is 0. The highest BCUT2D eigenvalue weighted by Gasteiger charge is 2.13. The van der Waals surface area contributed by atoms with Gasteiger partial charge in [0.05, 0.1) is 0 Å². The summed E-state index contributed by atoms with van der Waals surface area (Å²) < 4.78 is 10.6. The van der Waals surface area contributed by atoms with Crippen LogP contribution in [0.25, 0.3) is 17.2 Å². The third-order valence-corrected chi connectivity index (χ3v) is 4.28. The van der Waals surface area contributed by atoms with E-state index in [0.717, 1.165) is 24.0 Å². The first-order chi connectivity index (χ1) is 13.1. The van der Waals surface area contributed by atoms with Crippen LogP contribution in [0.1, 0.15) is 41.2 Å². The zero-order valence-corrected chi connectivity index (χ0v) is 15.4. The normalized spacial score (nSPS) is 11.2. The number of rotatable bonds is 7. The van der Waals surface area contributed by atoms with E-state index in [1.807, 2.05) is 50.2 Å². The number of aryl methyl sites for hydroxylation is 2. The van der Waals surface area contributed by atoms with Crippen LogP contribution >= 0.6 is 0 Å². The van der Waals surface area contributed by atoms with Gasteiger partial charge in [0.25, 0.3) is 0 Å². The van der Waals surface area contributed by atoms with E-state index in [-0.39, 0.29) is 12.4 Å². The number of aromatic nitrogens is 1. The first kappa shape index (κ1) is 18.6. The summed E-state index contributed by atoms with van der Waals surface area (Å²) in [4.78, 5) is 28.6. The fourth-order valence-corrected chi connectivity index (χ4v) is 2.77. The minimum absolute atomic E-state index is 0.203. The van der Waals surface area contributed by atoms with Crippen molar-refractivity contribution in [3.05, 3.63) is 71.1 Å². The molecule has 3 aromatic rings. The molecule has 138 valence electrons. The fraction of sp³-hybridized carbons (Fsp3) is 0.227. The summed E-state index contributed by atoms with van der Waals surface area (Å²) in [5, 5.41) is 0. The third kappa shape index (κ3) is 4.50. The topological polar surface area (TPSA) is 69.4 Å². The van der Waals surface area contributed by atoms with E-state index >= 15 is 0 Å². The standard InChI is InChI=1S/C22H21NO4/c1-3-15-9-10-16(4-2)17(13-15)19(24)14-26-22(25)12-11-21-23-18-7-5-6-8-20(18)27-21/h5-13H,3-4,14H2,1-2H3/b12-11+. The molecule has 0 bridgehead atoms. The van der Waals surface area contributed by atoms with E-state index in [1.54, 1.807) is 6.07 Å². The molecule has 5 heteroatoms. The summed E-state index contributed by atoms with van der Waals surface area (Å²) in [5.74, 6) is -0.510. The lowest BCUT2D eigenvalue weighted by Gasteiger charge is -2.09. The Morgan fingerprint density at radius 2 is 1.93 bits per heavy atom. The van der Waals surface area contributed by atoms with Crippen molar-refractivity contribution >= 4 is 28.9 Å². The number of ether oxygens (including phenoxy) is 1. The summed E-state index contributed by atoms with van der Waals surface area (Å²) in [5.41, 5.74) is 4.01. The number of oxazole rings is 1. The molecule has 0 saturated carbocycles. The molecular weight excluding hydrogens is 342 g/mol. The van der Waals surface area contributed by atoms with Crippen LogP contribution in [0.3, 0.4) is 0 Å². The lowest BCUT2D eigenvalue weighted by molar-refractivity contribution is -0.136. The predicted molar refractivity (Wildman–Crippen MR) is 104 cm³/mol. The number of carbonyl (C=O) groups is 2. The van der Waals surface area contributed by atoms with Gasteiger partial charge in [-0.15, -0.1) is 0 Å². The third-order valence-electron chi connectivity index (χ3n) is 4.28. The van der Waals surface area contributed by atoms with Gasteiger partial charge in [0, 0.05) is 17.7 Å². The smallest absolute Gasteiger partial charge is 0.331 e. The van der Waals surface area contributed by atoms with E-state index < -0.39 is 5.97 Å². The lowest BCUT2D eigenvalue weighted by Crippen LogP contribution is -2.14. The average molecular weight is 363 g/mol. The van der Waals surface area contributed by atoms with Gasteiger partial charge < -0.3 is 9.15 Å². The predicted octanol–water partition coefficient (Wildman–Crippen LogP) is 4.39. The average Bonchev–Trinajstić information content (AvgIpc) is 3.13. The Morgan fingerprint density at radius 3 is 2.67 bits per heavy atom. The number of Topliss-reactive ketones (excluding diaryl/α,β-unsaturated/α-hetero) is 1. The number of carbonyl (C=O) groups excluding carboxylic acids is 2. The number of nitrogens with zero attached hydrogens (tertiary/aromatic N) is 1. The largest absolute Gasteiger partial charge is 0.454 e. The Kier molecular flexibility index (Phi) is 5.81. The quantitative estimate of drug-likeness (QED) is 0.354. The Hall–Kier alpha value is -3.21. The molecule has 0 radical (unpaired) electrons. The number of ketones is 1. The van der Waals surface area contributed by atoms with Gasteiger partial charge in [-0.25, -0.2) is 9.78 Å². The van der Waals surface area contributed by atoms with Crippen molar-refractivity contribution in [3.8, 4) is 0 Å². The lowest BCUT2D eigenvalue weighted by atomic mass is 9.98. The fourth-order valence-electron chi connectivity index (χ4n) is 2.77. The molecule has 0 aliphatic carbocycles. The van der Waals surface area contributed by atoms with Crippen molar-refractivity contribution in [3.63, 3.8) is 0 Å². The van der Waals surface area contributed by atoms with Gasteiger partial charge in [0.2, 0.25) is 11.7 Å². The molecule has 1 aromatic heterocycles. The molecule has 2 aromatic carbocycles. The Labute approximate surface area is 157 Å². The van der Waals surface area contributed by atoms with Crippen molar-refractivity contribution in [2.24, 2.45) is 0 Å². The van der Waals surface area contributed by atoms with E-state index in [4.69, 9.17) is 9.15 Å². The van der Waals surface area contributed by atoms with Gasteiger partial charge in [0.15, 0.2) is 12.2 Å². The zero-order valence-electron chi connectivity index (χ0n) is 15.4. The van der Waals surface area contributed by atoms with Gasteiger partial charge in [-0.1, -0.05) is 38.1 Å². The first-order valence-electron chi connectivity index (χ1n) is 8.96. The maximum Gasteiger partial charge on any atom is 0.331 e. The van der Waals surface area contributed by atoms with Crippen LogP contribution in [0.5, 0.6) is 0 Å². The second-order valence-electron chi connectivity index (χ2n) is 6.08. The summed E-state index contributed by atoms with van der Waals surface area (Å²) in [7, 11) is 0. The maximum atomic E-state index is 12.5. The second-order valence-corrected chi connectivity index (χ2v) is 6.08. The minimum atomic E-state index is -0.615. The Balaban J connectivity index is 1.62. The van der Waals surface area contributed by atoms with Crippen LogP contribution in [0, 0.1) is 0 Å². The van der Waals surface area contributed by atoms with Crippen LogP contribution in [-0.4, -0.2) is 23.3 Å². The molecule has 0 fully saturated rings. The van der Waals surface area contributed by atoms with Gasteiger partial charge >= 0.3 is 5.97 Å². The van der Waals surface area contributed by atoms with Crippen molar-refractivity contribution < 1.29 is 18.7 Å². The SMILES string of the molecule is CCc1ccc(CC)c(C(=O)COC(=O)/C=C/c2nc3ccccc3o2)c1. The van der Waals surface area contributed by atoms with Crippen molar-refractivity contribution in [1.82, 2.24) is 4.98 Å². The van der Waals surface area contributed by atoms with Crippen LogP contribution < -0.4 is 0 Å². The molecule has 0 saturated heterocycles. The van der Waals surface area contributed by atoms with Crippen LogP contribution in [-0.2, 0) is 22.4 Å². The van der Waals surface area contributed by atoms with Crippen molar-refractivity contribution in [2.45, 2.75) is 26.7 Å². The number of hydrogen-bond acceptors (Lipinski definition) is 5. The first-order valence-corrected chi connectivity index (χ1v) is 8.96. The van der Waals surface area contributed by atoms with Gasteiger partial charge in [-0.05, 0) is 42.2 Å².